The van der Waals surface area contributed by atoms with Gasteiger partial charge in [0.2, 0.25) is 11.8 Å². The Kier molecular flexibility index (Phi) is 5.04. The van der Waals surface area contributed by atoms with E-state index < -0.39 is 5.41 Å². The summed E-state index contributed by atoms with van der Waals surface area (Å²) in [6.45, 7) is 1.21. The van der Waals surface area contributed by atoms with Crippen molar-refractivity contribution in [2.24, 2.45) is 17.1 Å². The minimum atomic E-state index is -0.651. The normalized spacial score (nSPS) is 23.0. The summed E-state index contributed by atoms with van der Waals surface area (Å²) in [6.07, 6.45) is 5.31. The van der Waals surface area contributed by atoms with E-state index in [0.29, 0.717) is 13.0 Å². The van der Waals surface area contributed by atoms with E-state index in [1.54, 1.807) is 11.3 Å². The smallest absolute Gasteiger partial charge is 0.225 e. The molecule has 2 aliphatic rings. The number of amides is 2. The zero-order valence-corrected chi connectivity index (χ0v) is 16.3. The lowest BCUT2D eigenvalue weighted by molar-refractivity contribution is -0.145. The highest BCUT2D eigenvalue weighted by Gasteiger charge is 2.43. The van der Waals surface area contributed by atoms with Crippen LogP contribution in [0.2, 0.25) is 0 Å². The zero-order chi connectivity index (χ0) is 18.9. The minimum absolute atomic E-state index is 0.166. The Morgan fingerprint density at radius 2 is 1.93 bits per heavy atom. The molecule has 2 fully saturated rings. The highest BCUT2D eigenvalue weighted by molar-refractivity contribution is 7.13. The average molecular weight is 383 g/mol. The molecule has 4 rings (SSSR count). The van der Waals surface area contributed by atoms with Gasteiger partial charge in [-0.05, 0) is 54.7 Å². The van der Waals surface area contributed by atoms with Crippen molar-refractivity contribution >= 4 is 23.2 Å². The van der Waals surface area contributed by atoms with Crippen LogP contribution in [-0.2, 0) is 16.0 Å². The van der Waals surface area contributed by atoms with Gasteiger partial charge >= 0.3 is 0 Å². The van der Waals surface area contributed by atoms with E-state index in [2.05, 4.69) is 35.7 Å². The van der Waals surface area contributed by atoms with Crippen LogP contribution < -0.4 is 5.73 Å². The summed E-state index contributed by atoms with van der Waals surface area (Å²) in [7, 11) is 0. The zero-order valence-electron chi connectivity index (χ0n) is 15.5. The third kappa shape index (κ3) is 3.65. The largest absolute Gasteiger partial charge is 0.369 e. The first-order chi connectivity index (χ1) is 13.1. The van der Waals surface area contributed by atoms with Gasteiger partial charge in [0, 0.05) is 23.9 Å². The molecular weight excluding hydrogens is 356 g/mol. The van der Waals surface area contributed by atoms with Gasteiger partial charge in [-0.15, -0.1) is 11.3 Å². The number of hydrogen-bond donors (Lipinski definition) is 1. The maximum Gasteiger partial charge on any atom is 0.225 e. The Labute approximate surface area is 164 Å². The Hall–Kier alpha value is -2.14. The van der Waals surface area contributed by atoms with Gasteiger partial charge in [0.25, 0.3) is 0 Å². The first-order valence-electron chi connectivity index (χ1n) is 9.79. The Bertz CT molecular complexity index is 811. The summed E-state index contributed by atoms with van der Waals surface area (Å²) in [6, 6.07) is 12.5. The SMILES string of the molecule is NC(=O)C1(Cc2ccc(-c3cccs3)cc2)CCCN(C(=O)C2CCC2)C1. The van der Waals surface area contributed by atoms with Gasteiger partial charge < -0.3 is 10.6 Å². The number of likely N-dealkylation sites (tertiary alicyclic amines) is 1. The molecule has 1 unspecified atom stereocenters. The standard InChI is InChI=1S/C22H26N2O2S/c23-21(26)22(11-3-12-24(15-22)20(25)18-4-1-5-18)14-16-7-9-17(10-8-16)19-6-2-13-27-19/h2,6-10,13,18H,1,3-5,11-12,14-15H2,(H2,23,26). The van der Waals surface area contributed by atoms with Crippen LogP contribution in [0.25, 0.3) is 10.4 Å². The molecule has 5 heteroatoms. The van der Waals surface area contributed by atoms with Crippen molar-refractivity contribution in [2.45, 2.75) is 38.5 Å². The maximum atomic E-state index is 12.7. The average Bonchev–Trinajstić information content (AvgIpc) is 3.15. The number of piperidine rings is 1. The second kappa shape index (κ2) is 7.47. The second-order valence-corrected chi connectivity index (χ2v) is 8.93. The van der Waals surface area contributed by atoms with Gasteiger partial charge in [0.05, 0.1) is 5.41 Å². The number of nitrogens with zero attached hydrogens (tertiary/aromatic N) is 1. The summed E-state index contributed by atoms with van der Waals surface area (Å²) in [5, 5.41) is 2.07. The van der Waals surface area contributed by atoms with Crippen LogP contribution in [0.4, 0.5) is 0 Å². The molecule has 2 N–H and O–H groups in total. The van der Waals surface area contributed by atoms with Crippen molar-refractivity contribution in [3.8, 4) is 10.4 Å². The number of primary amides is 1. The number of thiophene rings is 1. The predicted molar refractivity (Wildman–Crippen MR) is 108 cm³/mol. The van der Waals surface area contributed by atoms with Crippen LogP contribution in [0.3, 0.4) is 0 Å². The molecule has 2 amide bonds. The number of benzene rings is 1. The summed E-state index contributed by atoms with van der Waals surface area (Å²) < 4.78 is 0. The molecule has 4 nitrogen and oxygen atoms in total. The van der Waals surface area contributed by atoms with E-state index in [-0.39, 0.29) is 17.7 Å². The molecule has 1 aliphatic heterocycles. The first-order valence-corrected chi connectivity index (χ1v) is 10.7. The fourth-order valence-electron chi connectivity index (χ4n) is 4.29. The van der Waals surface area contributed by atoms with E-state index in [1.807, 2.05) is 11.0 Å². The minimum Gasteiger partial charge on any atom is -0.369 e. The Morgan fingerprint density at radius 1 is 1.15 bits per heavy atom. The second-order valence-electron chi connectivity index (χ2n) is 7.99. The molecule has 0 bridgehead atoms. The predicted octanol–water partition coefficient (Wildman–Crippen LogP) is 3.85. The van der Waals surface area contributed by atoms with Crippen LogP contribution in [0.5, 0.6) is 0 Å². The number of carbonyl (C=O) groups is 2. The number of nitrogens with two attached hydrogens (primary N) is 1. The topological polar surface area (TPSA) is 63.4 Å². The van der Waals surface area contributed by atoms with Crippen LogP contribution in [-0.4, -0.2) is 29.8 Å². The van der Waals surface area contributed by atoms with Gasteiger partial charge in [-0.2, -0.15) is 0 Å². The summed E-state index contributed by atoms with van der Waals surface area (Å²) >= 11 is 1.72. The lowest BCUT2D eigenvalue weighted by Crippen LogP contribution is -2.54. The Balaban J connectivity index is 1.51. The fraction of sp³-hybridized carbons (Fsp3) is 0.455. The molecule has 1 aromatic carbocycles. The molecule has 2 heterocycles. The Morgan fingerprint density at radius 3 is 2.52 bits per heavy atom. The monoisotopic (exact) mass is 382 g/mol. The summed E-state index contributed by atoms with van der Waals surface area (Å²) in [5.41, 5.74) is 7.51. The number of rotatable bonds is 5. The molecular formula is C22H26N2O2S. The van der Waals surface area contributed by atoms with Crippen LogP contribution >= 0.6 is 11.3 Å². The van der Waals surface area contributed by atoms with Gasteiger partial charge in [-0.3, -0.25) is 9.59 Å². The fourth-order valence-corrected chi connectivity index (χ4v) is 5.02. The molecule has 0 spiro atoms. The molecule has 2 aromatic rings. The van der Waals surface area contributed by atoms with Crippen molar-refractivity contribution in [3.05, 3.63) is 47.3 Å². The lowest BCUT2D eigenvalue weighted by atomic mass is 9.73. The van der Waals surface area contributed by atoms with Crippen LogP contribution in [0, 0.1) is 11.3 Å². The van der Waals surface area contributed by atoms with Crippen molar-refractivity contribution < 1.29 is 9.59 Å². The third-order valence-electron chi connectivity index (χ3n) is 6.17. The summed E-state index contributed by atoms with van der Waals surface area (Å²) in [4.78, 5) is 28.3. The van der Waals surface area contributed by atoms with Gasteiger partial charge in [0.1, 0.15) is 0 Å². The molecule has 1 aliphatic carbocycles. The first kappa shape index (κ1) is 18.2. The van der Waals surface area contributed by atoms with E-state index >= 15 is 0 Å². The number of carbonyl (C=O) groups excluding carboxylic acids is 2. The van der Waals surface area contributed by atoms with E-state index in [0.717, 1.165) is 44.2 Å². The van der Waals surface area contributed by atoms with Crippen LogP contribution in [0.1, 0.15) is 37.7 Å². The molecule has 1 aromatic heterocycles. The van der Waals surface area contributed by atoms with Gasteiger partial charge in [-0.25, -0.2) is 0 Å². The highest BCUT2D eigenvalue weighted by atomic mass is 32.1. The molecule has 0 radical (unpaired) electrons. The van der Waals surface area contributed by atoms with Crippen molar-refractivity contribution in [2.75, 3.05) is 13.1 Å². The molecule has 1 saturated carbocycles. The van der Waals surface area contributed by atoms with Crippen molar-refractivity contribution in [1.29, 1.82) is 0 Å². The molecule has 1 atom stereocenters. The van der Waals surface area contributed by atoms with Gasteiger partial charge in [0.15, 0.2) is 0 Å². The van der Waals surface area contributed by atoms with E-state index in [9.17, 15) is 9.59 Å². The lowest BCUT2D eigenvalue weighted by Gasteiger charge is -2.43. The maximum absolute atomic E-state index is 12.7. The summed E-state index contributed by atoms with van der Waals surface area (Å²) in [5.74, 6) is 0.106. The molecule has 142 valence electrons. The molecule has 1 saturated heterocycles. The van der Waals surface area contributed by atoms with E-state index in [1.165, 1.54) is 10.4 Å². The quantitative estimate of drug-likeness (QED) is 0.854. The highest BCUT2D eigenvalue weighted by Crippen LogP contribution is 2.37. The van der Waals surface area contributed by atoms with E-state index in [4.69, 9.17) is 5.73 Å². The van der Waals surface area contributed by atoms with Crippen LogP contribution in [0.15, 0.2) is 41.8 Å². The molecule has 27 heavy (non-hydrogen) atoms. The van der Waals surface area contributed by atoms with Crippen molar-refractivity contribution in [1.82, 2.24) is 4.90 Å². The number of hydrogen-bond acceptors (Lipinski definition) is 3. The third-order valence-corrected chi connectivity index (χ3v) is 7.09. The van der Waals surface area contributed by atoms with Gasteiger partial charge in [-0.1, -0.05) is 36.8 Å². The van der Waals surface area contributed by atoms with Crippen molar-refractivity contribution in [3.63, 3.8) is 0 Å².